The van der Waals surface area contributed by atoms with E-state index in [4.69, 9.17) is 11.6 Å². The van der Waals surface area contributed by atoms with E-state index in [0.29, 0.717) is 5.39 Å². The molecule has 0 fully saturated rings. The van der Waals surface area contributed by atoms with Gasteiger partial charge in [0.25, 0.3) is 5.56 Å². The summed E-state index contributed by atoms with van der Waals surface area (Å²) in [6.07, 6.45) is 6.77. The minimum Gasteiger partial charge on any atom is -0.267 e. The molecule has 0 bridgehead atoms. The maximum Gasteiger partial charge on any atom is 0.282 e. The van der Waals surface area contributed by atoms with Crippen LogP contribution in [0.3, 0.4) is 0 Å². The summed E-state index contributed by atoms with van der Waals surface area (Å²) < 4.78 is 15.0. The maximum absolute atomic E-state index is 13.8. The molecule has 3 aromatic rings. The molecular formula is C17H13ClFN3OS. The molecule has 0 amide bonds. The predicted octanol–water partition coefficient (Wildman–Crippen LogP) is 4.01. The van der Waals surface area contributed by atoms with Crippen LogP contribution in [0.4, 0.5) is 4.39 Å². The van der Waals surface area contributed by atoms with Crippen LogP contribution >= 0.6 is 22.9 Å². The molecule has 2 aromatic heterocycles. The standard InChI is InChI=1S/C17H13ClFN3OS/c18-12-5-3-6-13(19)11(12)8-21-22-9-20-16-15(17(22)23)10-4-1-2-7-14(10)24-16/h3,5-6,8-9H,1-2,4,7H2/b21-8+. The monoisotopic (exact) mass is 361 g/mol. The Bertz CT molecular complexity index is 1000. The Balaban J connectivity index is 1.82. The van der Waals surface area contributed by atoms with Gasteiger partial charge in [0, 0.05) is 10.4 Å². The van der Waals surface area contributed by atoms with E-state index < -0.39 is 5.82 Å². The van der Waals surface area contributed by atoms with Crippen LogP contribution < -0.4 is 5.56 Å². The Morgan fingerprint density at radius 3 is 3.00 bits per heavy atom. The molecule has 1 aliphatic carbocycles. The van der Waals surface area contributed by atoms with Gasteiger partial charge in [-0.05, 0) is 43.4 Å². The lowest BCUT2D eigenvalue weighted by Crippen LogP contribution is -2.18. The van der Waals surface area contributed by atoms with Crippen LogP contribution in [-0.4, -0.2) is 15.9 Å². The van der Waals surface area contributed by atoms with Gasteiger partial charge >= 0.3 is 0 Å². The van der Waals surface area contributed by atoms with E-state index in [9.17, 15) is 9.18 Å². The molecule has 0 N–H and O–H groups in total. The SMILES string of the molecule is O=c1c2c3c(sc2ncn1/N=C/c1c(F)cccc1Cl)CCCC3. The fraction of sp³-hybridized carbons (Fsp3) is 0.235. The van der Waals surface area contributed by atoms with Gasteiger partial charge in [-0.3, -0.25) is 4.79 Å². The Morgan fingerprint density at radius 1 is 1.33 bits per heavy atom. The number of benzene rings is 1. The number of hydrogen-bond acceptors (Lipinski definition) is 4. The summed E-state index contributed by atoms with van der Waals surface area (Å²) in [7, 11) is 0. The summed E-state index contributed by atoms with van der Waals surface area (Å²) in [4.78, 5) is 19.1. The van der Waals surface area contributed by atoms with Crippen molar-refractivity contribution in [2.24, 2.45) is 5.10 Å². The summed E-state index contributed by atoms with van der Waals surface area (Å²) in [5.74, 6) is -0.485. The molecule has 1 aliphatic rings. The molecule has 0 saturated carbocycles. The average Bonchev–Trinajstić information content (AvgIpc) is 2.95. The quantitative estimate of drug-likeness (QED) is 0.647. The van der Waals surface area contributed by atoms with Crippen LogP contribution in [0, 0.1) is 5.82 Å². The molecule has 0 saturated heterocycles. The summed E-state index contributed by atoms with van der Waals surface area (Å²) in [6, 6.07) is 4.39. The summed E-state index contributed by atoms with van der Waals surface area (Å²) in [5, 5.41) is 4.96. The third-order valence-corrected chi connectivity index (χ3v) is 5.70. The summed E-state index contributed by atoms with van der Waals surface area (Å²) >= 11 is 7.56. The van der Waals surface area contributed by atoms with Gasteiger partial charge in [-0.2, -0.15) is 9.78 Å². The molecule has 2 heterocycles. The third kappa shape index (κ3) is 2.56. The van der Waals surface area contributed by atoms with E-state index in [1.54, 1.807) is 17.4 Å². The second-order valence-corrected chi connectivity index (χ2v) is 7.16. The van der Waals surface area contributed by atoms with Gasteiger partial charge in [-0.1, -0.05) is 17.7 Å². The first-order valence-corrected chi connectivity index (χ1v) is 8.85. The lowest BCUT2D eigenvalue weighted by Gasteiger charge is -2.09. The van der Waals surface area contributed by atoms with Crippen molar-refractivity contribution in [2.75, 3.05) is 0 Å². The van der Waals surface area contributed by atoms with Gasteiger partial charge in [0.1, 0.15) is 17.0 Å². The first-order valence-electron chi connectivity index (χ1n) is 7.65. The van der Waals surface area contributed by atoms with Crippen molar-refractivity contribution in [3.8, 4) is 0 Å². The number of nitrogens with zero attached hydrogens (tertiary/aromatic N) is 3. The molecule has 122 valence electrons. The molecule has 0 unspecified atom stereocenters. The van der Waals surface area contributed by atoms with Crippen LogP contribution in [-0.2, 0) is 12.8 Å². The number of aromatic nitrogens is 2. The number of rotatable bonds is 2. The first kappa shape index (κ1) is 15.5. The van der Waals surface area contributed by atoms with Crippen molar-refractivity contribution >= 4 is 39.4 Å². The van der Waals surface area contributed by atoms with Crippen LogP contribution in [0.5, 0.6) is 0 Å². The van der Waals surface area contributed by atoms with Crippen molar-refractivity contribution in [3.05, 3.63) is 61.7 Å². The average molecular weight is 362 g/mol. The zero-order valence-corrected chi connectivity index (χ0v) is 14.2. The van der Waals surface area contributed by atoms with E-state index in [2.05, 4.69) is 10.1 Å². The number of hydrogen-bond donors (Lipinski definition) is 0. The molecule has 0 atom stereocenters. The van der Waals surface area contributed by atoms with E-state index >= 15 is 0 Å². The Labute approximate surface area is 146 Å². The number of halogens is 2. The smallest absolute Gasteiger partial charge is 0.267 e. The molecule has 24 heavy (non-hydrogen) atoms. The van der Waals surface area contributed by atoms with Gasteiger partial charge in [0.05, 0.1) is 16.6 Å². The third-order valence-electron chi connectivity index (χ3n) is 4.17. The zero-order valence-electron chi connectivity index (χ0n) is 12.6. The van der Waals surface area contributed by atoms with Crippen molar-refractivity contribution in [2.45, 2.75) is 25.7 Å². The minimum atomic E-state index is -0.485. The molecule has 7 heteroatoms. The second-order valence-electron chi connectivity index (χ2n) is 5.67. The second kappa shape index (κ2) is 6.11. The minimum absolute atomic E-state index is 0.151. The lowest BCUT2D eigenvalue weighted by molar-refractivity contribution is 0.625. The normalized spacial score (nSPS) is 14.4. The Kier molecular flexibility index (Phi) is 3.94. The van der Waals surface area contributed by atoms with Gasteiger partial charge in [0.2, 0.25) is 0 Å². The summed E-state index contributed by atoms with van der Waals surface area (Å²) in [6.45, 7) is 0. The number of thiophene rings is 1. The largest absolute Gasteiger partial charge is 0.282 e. The van der Waals surface area contributed by atoms with Gasteiger partial charge in [0.15, 0.2) is 0 Å². The van der Waals surface area contributed by atoms with Crippen molar-refractivity contribution in [1.82, 2.24) is 9.66 Å². The van der Waals surface area contributed by atoms with Crippen LogP contribution in [0.25, 0.3) is 10.2 Å². The molecule has 0 spiro atoms. The van der Waals surface area contributed by atoms with Crippen molar-refractivity contribution in [3.63, 3.8) is 0 Å². The molecule has 1 aromatic carbocycles. The van der Waals surface area contributed by atoms with Gasteiger partial charge < -0.3 is 0 Å². The van der Waals surface area contributed by atoms with E-state index in [1.165, 1.54) is 29.6 Å². The maximum atomic E-state index is 13.8. The fourth-order valence-corrected chi connectivity index (χ4v) is 4.40. The predicted molar refractivity (Wildman–Crippen MR) is 94.9 cm³/mol. The van der Waals surface area contributed by atoms with E-state index in [0.717, 1.165) is 40.8 Å². The molecular weight excluding hydrogens is 349 g/mol. The molecule has 4 nitrogen and oxygen atoms in total. The highest BCUT2D eigenvalue weighted by Crippen LogP contribution is 2.33. The van der Waals surface area contributed by atoms with E-state index in [1.807, 2.05) is 0 Å². The molecule has 0 radical (unpaired) electrons. The van der Waals surface area contributed by atoms with Crippen molar-refractivity contribution in [1.29, 1.82) is 0 Å². The van der Waals surface area contributed by atoms with Gasteiger partial charge in [-0.15, -0.1) is 11.3 Å². The van der Waals surface area contributed by atoms with Crippen LogP contribution in [0.15, 0.2) is 34.4 Å². The van der Waals surface area contributed by atoms with Gasteiger partial charge in [-0.25, -0.2) is 9.37 Å². The highest BCUT2D eigenvalue weighted by Gasteiger charge is 2.19. The molecule has 4 rings (SSSR count). The zero-order chi connectivity index (χ0) is 16.7. The summed E-state index contributed by atoms with van der Waals surface area (Å²) in [5.41, 5.74) is 1.04. The lowest BCUT2D eigenvalue weighted by atomic mass is 9.97. The van der Waals surface area contributed by atoms with E-state index in [-0.39, 0.29) is 16.1 Å². The number of fused-ring (bicyclic) bond motifs is 3. The molecule has 0 aliphatic heterocycles. The van der Waals surface area contributed by atoms with Crippen LogP contribution in [0.1, 0.15) is 28.8 Å². The topological polar surface area (TPSA) is 47.2 Å². The highest BCUT2D eigenvalue weighted by molar-refractivity contribution is 7.18. The van der Waals surface area contributed by atoms with Crippen molar-refractivity contribution < 1.29 is 4.39 Å². The Hall–Kier alpha value is -2.05. The highest BCUT2D eigenvalue weighted by atomic mass is 35.5. The number of aryl methyl sites for hydroxylation is 2. The Morgan fingerprint density at radius 2 is 2.17 bits per heavy atom. The van der Waals surface area contributed by atoms with Crippen LogP contribution in [0.2, 0.25) is 5.02 Å². The first-order chi connectivity index (χ1) is 11.6. The fourth-order valence-electron chi connectivity index (χ4n) is 2.97.